The Balaban J connectivity index is 1.88. The molecule has 0 radical (unpaired) electrons. The van der Waals surface area contributed by atoms with E-state index in [1.807, 2.05) is 0 Å². The Kier molecular flexibility index (Phi) is 5.07. The summed E-state index contributed by atoms with van der Waals surface area (Å²) >= 11 is 3.27. The average molecular weight is 330 g/mol. The second-order valence-corrected chi connectivity index (χ2v) is 5.77. The number of carbonyl (C=O) groups excluding carboxylic acids is 1. The Morgan fingerprint density at radius 2 is 2.05 bits per heavy atom. The van der Waals surface area contributed by atoms with Gasteiger partial charge in [-0.15, -0.1) is 0 Å². The summed E-state index contributed by atoms with van der Waals surface area (Å²) in [4.78, 5) is 13.3. The zero-order chi connectivity index (χ0) is 13.8. The SMILES string of the molecule is O=C1CCN(CCC(O)c2cc(Br)ccc2F)CC1. The molecule has 1 aliphatic heterocycles. The van der Waals surface area contributed by atoms with Crippen LogP contribution in [0.1, 0.15) is 30.9 Å². The molecular weight excluding hydrogens is 313 g/mol. The Morgan fingerprint density at radius 3 is 2.74 bits per heavy atom. The number of aliphatic hydroxyl groups is 1. The first-order valence-corrected chi connectivity index (χ1v) is 7.22. The van der Waals surface area contributed by atoms with Crippen LogP contribution in [-0.2, 0) is 4.79 Å². The van der Waals surface area contributed by atoms with E-state index in [2.05, 4.69) is 20.8 Å². The van der Waals surface area contributed by atoms with Crippen molar-refractivity contribution in [1.29, 1.82) is 0 Å². The number of benzene rings is 1. The molecule has 0 aromatic heterocycles. The molecule has 0 saturated carbocycles. The lowest BCUT2D eigenvalue weighted by Crippen LogP contribution is -2.35. The minimum absolute atomic E-state index is 0.301. The molecular formula is C14H17BrFNO2. The number of rotatable bonds is 4. The van der Waals surface area contributed by atoms with E-state index in [-0.39, 0.29) is 5.82 Å². The molecule has 1 atom stereocenters. The van der Waals surface area contributed by atoms with E-state index in [4.69, 9.17) is 0 Å². The molecule has 2 rings (SSSR count). The fourth-order valence-corrected chi connectivity index (χ4v) is 2.64. The van der Waals surface area contributed by atoms with Gasteiger partial charge in [0.25, 0.3) is 0 Å². The molecule has 19 heavy (non-hydrogen) atoms. The van der Waals surface area contributed by atoms with Crippen LogP contribution < -0.4 is 0 Å². The van der Waals surface area contributed by atoms with E-state index in [1.165, 1.54) is 6.07 Å². The first-order valence-electron chi connectivity index (χ1n) is 6.43. The predicted molar refractivity (Wildman–Crippen MR) is 74.4 cm³/mol. The molecule has 0 bridgehead atoms. The average Bonchev–Trinajstić information content (AvgIpc) is 2.40. The molecule has 0 aliphatic carbocycles. The summed E-state index contributed by atoms with van der Waals surface area (Å²) in [5.74, 6) is -0.0839. The topological polar surface area (TPSA) is 40.5 Å². The van der Waals surface area contributed by atoms with Crippen LogP contribution in [0.4, 0.5) is 4.39 Å². The van der Waals surface area contributed by atoms with Crippen molar-refractivity contribution in [3.63, 3.8) is 0 Å². The Morgan fingerprint density at radius 1 is 1.37 bits per heavy atom. The van der Waals surface area contributed by atoms with E-state index >= 15 is 0 Å². The molecule has 0 spiro atoms. The molecule has 3 nitrogen and oxygen atoms in total. The molecule has 1 fully saturated rings. The lowest BCUT2D eigenvalue weighted by atomic mass is 10.0. The van der Waals surface area contributed by atoms with Gasteiger partial charge < -0.3 is 10.0 Å². The number of Topliss-reactive ketones (excluding diaryl/α,β-unsaturated/α-hetero) is 1. The number of aliphatic hydroxyl groups excluding tert-OH is 1. The van der Waals surface area contributed by atoms with E-state index < -0.39 is 6.10 Å². The molecule has 104 valence electrons. The number of hydrogen-bond acceptors (Lipinski definition) is 3. The van der Waals surface area contributed by atoms with Gasteiger partial charge in [-0.1, -0.05) is 15.9 Å². The summed E-state index contributed by atoms with van der Waals surface area (Å²) in [6.07, 6.45) is 0.833. The van der Waals surface area contributed by atoms with E-state index in [0.29, 0.717) is 37.2 Å². The third-order valence-electron chi connectivity index (χ3n) is 3.45. The van der Waals surface area contributed by atoms with Gasteiger partial charge >= 0.3 is 0 Å². The number of likely N-dealkylation sites (tertiary alicyclic amines) is 1. The van der Waals surface area contributed by atoms with Gasteiger partial charge in [0.05, 0.1) is 6.10 Å². The minimum atomic E-state index is -0.810. The van der Waals surface area contributed by atoms with Crippen LogP contribution in [0.5, 0.6) is 0 Å². The first-order chi connectivity index (χ1) is 9.06. The summed E-state index contributed by atoms with van der Waals surface area (Å²) in [7, 11) is 0. The highest BCUT2D eigenvalue weighted by atomic mass is 79.9. The van der Waals surface area contributed by atoms with Gasteiger partial charge in [0, 0.05) is 42.5 Å². The Labute approximate surface area is 120 Å². The second kappa shape index (κ2) is 6.59. The fourth-order valence-electron chi connectivity index (χ4n) is 2.26. The van der Waals surface area contributed by atoms with Crippen molar-refractivity contribution >= 4 is 21.7 Å². The standard InChI is InChI=1S/C14H17BrFNO2/c15-10-1-2-13(16)12(9-10)14(19)5-8-17-6-3-11(18)4-7-17/h1-2,9,14,19H,3-8H2. The van der Waals surface area contributed by atoms with Crippen molar-refractivity contribution in [2.75, 3.05) is 19.6 Å². The maximum absolute atomic E-state index is 13.6. The molecule has 1 unspecified atom stereocenters. The molecule has 1 heterocycles. The van der Waals surface area contributed by atoms with E-state index in [1.54, 1.807) is 12.1 Å². The summed E-state index contributed by atoms with van der Waals surface area (Å²) < 4.78 is 14.4. The zero-order valence-electron chi connectivity index (χ0n) is 10.6. The first kappa shape index (κ1) is 14.6. The fraction of sp³-hybridized carbons (Fsp3) is 0.500. The largest absolute Gasteiger partial charge is 0.388 e. The van der Waals surface area contributed by atoms with Crippen LogP contribution >= 0.6 is 15.9 Å². The number of ketones is 1. The molecule has 1 aromatic carbocycles. The Bertz CT molecular complexity index is 457. The molecule has 1 N–H and O–H groups in total. The van der Waals surface area contributed by atoms with Gasteiger partial charge in [-0.2, -0.15) is 0 Å². The smallest absolute Gasteiger partial charge is 0.135 e. The van der Waals surface area contributed by atoms with Crippen LogP contribution in [0.15, 0.2) is 22.7 Å². The highest BCUT2D eigenvalue weighted by Gasteiger charge is 2.18. The Hall–Kier alpha value is -0.780. The summed E-state index contributed by atoms with van der Waals surface area (Å²) in [5.41, 5.74) is 0.322. The highest BCUT2D eigenvalue weighted by Crippen LogP contribution is 2.24. The lowest BCUT2D eigenvalue weighted by molar-refractivity contribution is -0.121. The lowest BCUT2D eigenvalue weighted by Gasteiger charge is -2.26. The summed E-state index contributed by atoms with van der Waals surface area (Å²) in [5, 5.41) is 10.1. The molecule has 1 aromatic rings. The third kappa shape index (κ3) is 4.09. The number of hydrogen-bond donors (Lipinski definition) is 1. The quantitative estimate of drug-likeness (QED) is 0.923. The van der Waals surface area contributed by atoms with Gasteiger partial charge in [-0.3, -0.25) is 4.79 Å². The predicted octanol–water partition coefficient (Wildman–Crippen LogP) is 2.68. The third-order valence-corrected chi connectivity index (χ3v) is 3.94. The van der Waals surface area contributed by atoms with Crippen molar-refractivity contribution in [2.45, 2.75) is 25.4 Å². The van der Waals surface area contributed by atoms with Gasteiger partial charge in [-0.25, -0.2) is 4.39 Å². The van der Waals surface area contributed by atoms with Gasteiger partial charge in [0.1, 0.15) is 11.6 Å². The number of carbonyl (C=O) groups is 1. The van der Waals surface area contributed by atoms with Gasteiger partial charge in [0.2, 0.25) is 0 Å². The van der Waals surface area contributed by atoms with Crippen LogP contribution in [-0.4, -0.2) is 35.4 Å². The maximum atomic E-state index is 13.6. The summed E-state index contributed by atoms with van der Waals surface area (Å²) in [6.45, 7) is 2.17. The van der Waals surface area contributed by atoms with E-state index in [0.717, 1.165) is 17.6 Å². The molecule has 5 heteroatoms. The van der Waals surface area contributed by atoms with Crippen LogP contribution in [0.2, 0.25) is 0 Å². The molecule has 1 saturated heterocycles. The molecule has 1 aliphatic rings. The zero-order valence-corrected chi connectivity index (χ0v) is 12.2. The van der Waals surface area contributed by atoms with Crippen LogP contribution in [0.3, 0.4) is 0 Å². The maximum Gasteiger partial charge on any atom is 0.135 e. The normalized spacial score (nSPS) is 18.6. The summed E-state index contributed by atoms with van der Waals surface area (Å²) in [6, 6.07) is 4.57. The minimum Gasteiger partial charge on any atom is -0.388 e. The monoisotopic (exact) mass is 329 g/mol. The molecule has 0 amide bonds. The van der Waals surface area contributed by atoms with Crippen LogP contribution in [0, 0.1) is 5.82 Å². The van der Waals surface area contributed by atoms with Gasteiger partial charge in [-0.05, 0) is 24.6 Å². The highest BCUT2D eigenvalue weighted by molar-refractivity contribution is 9.10. The number of piperidine rings is 1. The van der Waals surface area contributed by atoms with Gasteiger partial charge in [0.15, 0.2) is 0 Å². The number of nitrogens with zero attached hydrogens (tertiary/aromatic N) is 1. The van der Waals surface area contributed by atoms with Crippen molar-refractivity contribution in [3.05, 3.63) is 34.1 Å². The van der Waals surface area contributed by atoms with Crippen molar-refractivity contribution < 1.29 is 14.3 Å². The van der Waals surface area contributed by atoms with Crippen molar-refractivity contribution in [2.24, 2.45) is 0 Å². The van der Waals surface area contributed by atoms with Crippen LogP contribution in [0.25, 0.3) is 0 Å². The van der Waals surface area contributed by atoms with E-state index in [9.17, 15) is 14.3 Å². The van der Waals surface area contributed by atoms with Crippen molar-refractivity contribution in [1.82, 2.24) is 4.90 Å². The number of halogens is 2. The second-order valence-electron chi connectivity index (χ2n) is 4.85. The van der Waals surface area contributed by atoms with Crippen molar-refractivity contribution in [3.8, 4) is 0 Å².